The van der Waals surface area contributed by atoms with Gasteiger partial charge in [-0.1, -0.05) is 24.3 Å². The predicted octanol–water partition coefficient (Wildman–Crippen LogP) is 5.46. The Labute approximate surface area is 205 Å². The normalized spacial score (nSPS) is 23.2. The Kier molecular flexibility index (Phi) is 8.10. The second kappa shape index (κ2) is 11.0. The number of para-hydroxylation sites is 1. The largest absolute Gasteiger partial charge is 0.456 e. The summed E-state index contributed by atoms with van der Waals surface area (Å²) in [5.41, 5.74) is 2.39. The Hall–Kier alpha value is -1.61. The predicted molar refractivity (Wildman–Crippen MR) is 137 cm³/mol. The van der Waals surface area contributed by atoms with Gasteiger partial charge in [-0.25, -0.2) is 0 Å². The highest BCUT2D eigenvalue weighted by molar-refractivity contribution is 14.1. The highest BCUT2D eigenvalue weighted by atomic mass is 127. The minimum absolute atomic E-state index is 0.0443. The number of likely N-dealkylation sites (tertiary alicyclic amines) is 1. The van der Waals surface area contributed by atoms with Crippen LogP contribution in [0.25, 0.3) is 5.57 Å². The van der Waals surface area contributed by atoms with Gasteiger partial charge in [0.05, 0.1) is 22.8 Å². The third kappa shape index (κ3) is 6.04. The first kappa shape index (κ1) is 23.5. The number of nitrogens with zero attached hydrogens (tertiary/aromatic N) is 2. The van der Waals surface area contributed by atoms with E-state index in [1.54, 1.807) is 0 Å². The maximum absolute atomic E-state index is 6.14. The van der Waals surface area contributed by atoms with Crippen molar-refractivity contribution < 1.29 is 14.2 Å². The zero-order chi connectivity index (χ0) is 22.5. The zero-order valence-electron chi connectivity index (χ0n) is 19.2. The van der Waals surface area contributed by atoms with Gasteiger partial charge in [-0.15, -0.1) is 0 Å². The average Bonchev–Trinajstić information content (AvgIpc) is 2.81. The van der Waals surface area contributed by atoms with Crippen molar-refractivity contribution in [2.45, 2.75) is 32.1 Å². The molecule has 5 nitrogen and oxygen atoms in total. The summed E-state index contributed by atoms with van der Waals surface area (Å²) in [7, 11) is 4.29. The molecular formula is C26H33IN2O3. The lowest BCUT2D eigenvalue weighted by Crippen LogP contribution is -2.47. The fraction of sp³-hybridized carbons (Fsp3) is 0.462. The van der Waals surface area contributed by atoms with Gasteiger partial charge in [0.15, 0.2) is 6.29 Å². The van der Waals surface area contributed by atoms with Gasteiger partial charge in [0.25, 0.3) is 0 Å². The van der Waals surface area contributed by atoms with E-state index in [9.17, 15) is 0 Å². The fourth-order valence-corrected chi connectivity index (χ4v) is 4.87. The van der Waals surface area contributed by atoms with Crippen molar-refractivity contribution in [2.75, 3.05) is 40.4 Å². The summed E-state index contributed by atoms with van der Waals surface area (Å²) in [6.07, 6.45) is 4.46. The lowest BCUT2D eigenvalue weighted by Gasteiger charge is -2.40. The molecule has 2 aromatic rings. The first-order chi connectivity index (χ1) is 15.5. The quantitative estimate of drug-likeness (QED) is 0.448. The van der Waals surface area contributed by atoms with Crippen molar-refractivity contribution in [3.63, 3.8) is 0 Å². The molecule has 0 saturated carbocycles. The van der Waals surface area contributed by atoms with Gasteiger partial charge in [0.1, 0.15) is 11.5 Å². The SMILES string of the molecule is C/C(=C\N(C)C1COC(C2CCN(C)CC2)OC1)c1ccc(Oc2ccccc2)c(I)c1. The lowest BCUT2D eigenvalue weighted by atomic mass is 9.96. The number of piperidine rings is 1. The summed E-state index contributed by atoms with van der Waals surface area (Å²) in [6.45, 7) is 5.82. The van der Waals surface area contributed by atoms with Gasteiger partial charge in [0.2, 0.25) is 0 Å². The maximum atomic E-state index is 6.14. The van der Waals surface area contributed by atoms with Crippen LogP contribution in [0.2, 0.25) is 0 Å². The van der Waals surface area contributed by atoms with Crippen molar-refractivity contribution in [3.05, 3.63) is 63.9 Å². The van der Waals surface area contributed by atoms with Crippen molar-refractivity contribution in [2.24, 2.45) is 5.92 Å². The fourth-order valence-electron chi connectivity index (χ4n) is 4.25. The summed E-state index contributed by atoms with van der Waals surface area (Å²) in [5, 5.41) is 0. The van der Waals surface area contributed by atoms with Crippen LogP contribution in [-0.4, -0.2) is 62.5 Å². The third-order valence-corrected chi connectivity index (χ3v) is 7.23. The molecular weight excluding hydrogens is 515 g/mol. The second-order valence-electron chi connectivity index (χ2n) is 8.87. The van der Waals surface area contributed by atoms with E-state index in [0.29, 0.717) is 19.1 Å². The number of hydrogen-bond donors (Lipinski definition) is 0. The molecule has 0 bridgehead atoms. The molecule has 0 amide bonds. The van der Waals surface area contributed by atoms with Gasteiger partial charge >= 0.3 is 0 Å². The molecule has 0 atom stereocenters. The highest BCUT2D eigenvalue weighted by Crippen LogP contribution is 2.30. The summed E-state index contributed by atoms with van der Waals surface area (Å²) < 4.78 is 19.4. The van der Waals surface area contributed by atoms with E-state index in [0.717, 1.165) is 41.0 Å². The first-order valence-electron chi connectivity index (χ1n) is 11.3. The minimum Gasteiger partial charge on any atom is -0.456 e. The van der Waals surface area contributed by atoms with Gasteiger partial charge in [-0.05, 0) is 97.9 Å². The molecule has 0 unspecified atom stereocenters. The van der Waals surface area contributed by atoms with Crippen LogP contribution in [0, 0.1) is 9.49 Å². The summed E-state index contributed by atoms with van der Waals surface area (Å²) in [5.74, 6) is 2.24. The lowest BCUT2D eigenvalue weighted by molar-refractivity contribution is -0.228. The Morgan fingerprint density at radius 1 is 1.09 bits per heavy atom. The maximum Gasteiger partial charge on any atom is 0.160 e. The second-order valence-corrected chi connectivity index (χ2v) is 10.0. The van der Waals surface area contributed by atoms with Crippen LogP contribution in [-0.2, 0) is 9.47 Å². The molecule has 2 fully saturated rings. The topological polar surface area (TPSA) is 34.2 Å². The van der Waals surface area contributed by atoms with Crippen molar-refractivity contribution in [1.82, 2.24) is 9.80 Å². The smallest absolute Gasteiger partial charge is 0.160 e. The van der Waals surface area contributed by atoms with E-state index in [1.165, 1.54) is 11.1 Å². The highest BCUT2D eigenvalue weighted by Gasteiger charge is 2.32. The van der Waals surface area contributed by atoms with Gasteiger partial charge in [0, 0.05) is 19.2 Å². The number of ether oxygens (including phenoxy) is 3. The first-order valence-corrected chi connectivity index (χ1v) is 12.4. The molecule has 2 aliphatic rings. The van der Waals surface area contributed by atoms with Gasteiger partial charge < -0.3 is 24.0 Å². The van der Waals surface area contributed by atoms with E-state index in [2.05, 4.69) is 71.7 Å². The van der Waals surface area contributed by atoms with Crippen molar-refractivity contribution >= 4 is 28.2 Å². The van der Waals surface area contributed by atoms with Gasteiger partial charge in [-0.2, -0.15) is 0 Å². The Morgan fingerprint density at radius 3 is 2.44 bits per heavy atom. The van der Waals surface area contributed by atoms with Crippen LogP contribution in [0.15, 0.2) is 54.7 Å². The molecule has 2 saturated heterocycles. The zero-order valence-corrected chi connectivity index (χ0v) is 21.3. The molecule has 0 aromatic heterocycles. The average molecular weight is 548 g/mol. The number of likely N-dealkylation sites (N-methyl/N-ethyl adjacent to an activating group) is 1. The molecule has 2 heterocycles. The molecule has 0 radical (unpaired) electrons. The molecule has 172 valence electrons. The summed E-state index contributed by atoms with van der Waals surface area (Å²) in [4.78, 5) is 4.60. The number of halogens is 1. The number of hydrogen-bond acceptors (Lipinski definition) is 5. The molecule has 32 heavy (non-hydrogen) atoms. The number of allylic oxidation sites excluding steroid dienone is 1. The molecule has 4 rings (SSSR count). The molecule has 2 aliphatic heterocycles. The van der Waals surface area contributed by atoms with Crippen molar-refractivity contribution in [3.8, 4) is 11.5 Å². The summed E-state index contributed by atoms with van der Waals surface area (Å²) >= 11 is 2.34. The molecule has 0 N–H and O–H groups in total. The van der Waals surface area contributed by atoms with Crippen LogP contribution in [0.3, 0.4) is 0 Å². The molecule has 2 aromatic carbocycles. The molecule has 0 aliphatic carbocycles. The van der Waals surface area contributed by atoms with Gasteiger partial charge in [-0.3, -0.25) is 0 Å². The molecule has 6 heteroatoms. The van der Waals surface area contributed by atoms with Crippen LogP contribution in [0.5, 0.6) is 11.5 Å². The van der Waals surface area contributed by atoms with E-state index in [-0.39, 0.29) is 12.3 Å². The van der Waals surface area contributed by atoms with E-state index in [4.69, 9.17) is 14.2 Å². The van der Waals surface area contributed by atoms with E-state index < -0.39 is 0 Å². The van der Waals surface area contributed by atoms with Crippen LogP contribution >= 0.6 is 22.6 Å². The van der Waals surface area contributed by atoms with Crippen LogP contribution in [0.1, 0.15) is 25.3 Å². The van der Waals surface area contributed by atoms with E-state index >= 15 is 0 Å². The Balaban J connectivity index is 1.33. The number of rotatable bonds is 6. The molecule has 0 spiro atoms. The van der Waals surface area contributed by atoms with Crippen molar-refractivity contribution in [1.29, 1.82) is 0 Å². The van der Waals surface area contributed by atoms with Crippen LogP contribution < -0.4 is 4.74 Å². The van der Waals surface area contributed by atoms with E-state index in [1.807, 2.05) is 36.4 Å². The third-order valence-electron chi connectivity index (χ3n) is 6.39. The standard InChI is InChI=1S/C26H33IN2O3/c1-19(21-9-10-25(24(27)15-21)32-23-7-5-4-6-8-23)16-29(3)22-17-30-26(31-18-22)20-11-13-28(2)14-12-20/h4-10,15-16,20,22,26H,11-14,17-18H2,1-3H3/b19-16+. The monoisotopic (exact) mass is 548 g/mol. The summed E-state index contributed by atoms with van der Waals surface area (Å²) in [6, 6.07) is 16.4. The number of benzene rings is 2. The minimum atomic E-state index is -0.0443. The van der Waals surface area contributed by atoms with Crippen LogP contribution in [0.4, 0.5) is 0 Å². The Morgan fingerprint density at radius 2 is 1.78 bits per heavy atom. The Bertz CT molecular complexity index is 905.